The maximum absolute atomic E-state index is 14.1. The van der Waals surface area contributed by atoms with Gasteiger partial charge in [-0.3, -0.25) is 19.3 Å². The van der Waals surface area contributed by atoms with Crippen LogP contribution in [0.4, 0.5) is 4.39 Å². The predicted molar refractivity (Wildman–Crippen MR) is 132 cm³/mol. The largest absolute Gasteiger partial charge is 0.494 e. The molecule has 0 aliphatic rings. The predicted octanol–water partition coefficient (Wildman–Crippen LogP) is 4.54. The number of thiophene rings is 1. The third kappa shape index (κ3) is 3.75. The molecule has 35 heavy (non-hydrogen) atoms. The number of hydrogen-bond acceptors (Lipinski definition) is 7. The Morgan fingerprint density at radius 1 is 1.26 bits per heavy atom. The first kappa shape index (κ1) is 22.7. The average molecular weight is 508 g/mol. The van der Waals surface area contributed by atoms with Crippen LogP contribution < -0.4 is 16.0 Å². The van der Waals surface area contributed by atoms with Gasteiger partial charge in [0.15, 0.2) is 11.6 Å². The zero-order valence-electron chi connectivity index (χ0n) is 18.2. The van der Waals surface area contributed by atoms with Crippen molar-refractivity contribution in [1.29, 1.82) is 5.26 Å². The summed E-state index contributed by atoms with van der Waals surface area (Å²) in [5.74, 6) is -0.624. The minimum absolute atomic E-state index is 0.00552. The molecule has 174 valence electrons. The number of aryl methyl sites for hydroxylation is 1. The van der Waals surface area contributed by atoms with E-state index in [0.717, 1.165) is 22.0 Å². The van der Waals surface area contributed by atoms with Gasteiger partial charge in [0.05, 0.1) is 47.5 Å². The molecule has 0 aliphatic heterocycles. The summed E-state index contributed by atoms with van der Waals surface area (Å²) >= 11 is 7.41. The van der Waals surface area contributed by atoms with Crippen molar-refractivity contribution in [3.63, 3.8) is 0 Å². The molecule has 5 rings (SSSR count). The normalized spacial score (nSPS) is 11.1. The van der Waals surface area contributed by atoms with Crippen LogP contribution >= 0.6 is 22.9 Å². The van der Waals surface area contributed by atoms with Gasteiger partial charge in [-0.25, -0.2) is 13.8 Å². The fourth-order valence-electron chi connectivity index (χ4n) is 3.89. The Hall–Kier alpha value is -4.07. The van der Waals surface area contributed by atoms with Gasteiger partial charge in [-0.2, -0.15) is 5.26 Å². The Balaban J connectivity index is 1.85. The second-order valence-electron chi connectivity index (χ2n) is 7.51. The van der Waals surface area contributed by atoms with Gasteiger partial charge < -0.3 is 4.74 Å². The van der Waals surface area contributed by atoms with Crippen molar-refractivity contribution >= 4 is 44.1 Å². The van der Waals surface area contributed by atoms with E-state index >= 15 is 0 Å². The smallest absolute Gasteiger partial charge is 0.336 e. The van der Waals surface area contributed by atoms with Crippen LogP contribution in [-0.4, -0.2) is 26.2 Å². The van der Waals surface area contributed by atoms with Gasteiger partial charge in [-0.1, -0.05) is 11.6 Å². The van der Waals surface area contributed by atoms with Crippen LogP contribution in [0.5, 0.6) is 5.75 Å². The summed E-state index contributed by atoms with van der Waals surface area (Å²) in [5, 5.41) is 9.95. The highest BCUT2D eigenvalue weighted by atomic mass is 35.5. The Bertz CT molecular complexity index is 1780. The molecule has 0 saturated carbocycles. The van der Waals surface area contributed by atoms with E-state index in [9.17, 15) is 14.0 Å². The van der Waals surface area contributed by atoms with Crippen molar-refractivity contribution in [1.82, 2.24) is 19.1 Å². The van der Waals surface area contributed by atoms with Crippen molar-refractivity contribution in [2.45, 2.75) is 13.0 Å². The zero-order valence-corrected chi connectivity index (χ0v) is 19.7. The second kappa shape index (κ2) is 8.94. The summed E-state index contributed by atoms with van der Waals surface area (Å²) in [5.41, 5.74) is 0.305. The van der Waals surface area contributed by atoms with Gasteiger partial charge >= 0.3 is 5.69 Å². The lowest BCUT2D eigenvalue weighted by Crippen LogP contribution is -2.38. The van der Waals surface area contributed by atoms with E-state index in [1.54, 1.807) is 30.6 Å². The Kier molecular flexibility index (Phi) is 5.80. The van der Waals surface area contributed by atoms with Crippen LogP contribution in [0.1, 0.15) is 6.42 Å². The Morgan fingerprint density at radius 3 is 2.86 bits per heavy atom. The summed E-state index contributed by atoms with van der Waals surface area (Å²) in [6.45, 7) is 0.0639. The number of methoxy groups -OCH3 is 1. The zero-order chi connectivity index (χ0) is 24.7. The molecule has 0 radical (unpaired) electrons. The van der Waals surface area contributed by atoms with Gasteiger partial charge in [0.25, 0.3) is 5.56 Å². The summed E-state index contributed by atoms with van der Waals surface area (Å²) in [7, 11) is 1.34. The number of halogens is 2. The molecule has 1 aromatic carbocycles. The molecule has 0 N–H and O–H groups in total. The lowest BCUT2D eigenvalue weighted by molar-refractivity contribution is 0.387. The number of fused-ring (bicyclic) bond motifs is 2. The fraction of sp³-hybridized carbons (Fsp3) is 0.125. The number of nitriles is 1. The number of pyridine rings is 2. The SMILES string of the molecule is COc1cc(-c2cc3c(s2)c(=O)n(-c2cncc4cccnc24)c(=O)n3CCC#N)c(Cl)cc1F. The summed E-state index contributed by atoms with van der Waals surface area (Å²) in [6.07, 6.45) is 4.62. The van der Waals surface area contributed by atoms with Crippen LogP contribution in [0, 0.1) is 17.1 Å². The van der Waals surface area contributed by atoms with Crippen molar-refractivity contribution in [2.24, 2.45) is 0 Å². The number of nitrogens with zero attached hydrogens (tertiary/aromatic N) is 5. The molecular weight excluding hydrogens is 493 g/mol. The van der Waals surface area contributed by atoms with Crippen molar-refractivity contribution in [3.8, 4) is 27.9 Å². The Labute approximate surface area is 206 Å². The number of hydrogen-bond donors (Lipinski definition) is 0. The average Bonchev–Trinajstić information content (AvgIpc) is 3.29. The highest BCUT2D eigenvalue weighted by Crippen LogP contribution is 2.39. The topological polar surface area (TPSA) is 103 Å². The molecule has 0 atom stereocenters. The van der Waals surface area contributed by atoms with Crippen LogP contribution in [-0.2, 0) is 6.54 Å². The quantitative estimate of drug-likeness (QED) is 0.346. The van der Waals surface area contributed by atoms with Gasteiger partial charge in [0, 0.05) is 34.8 Å². The molecule has 0 aliphatic carbocycles. The Morgan fingerprint density at radius 2 is 2.09 bits per heavy atom. The number of aromatic nitrogens is 4. The highest BCUT2D eigenvalue weighted by molar-refractivity contribution is 7.22. The molecule has 0 bridgehead atoms. The van der Waals surface area contributed by atoms with Crippen molar-refractivity contribution in [3.05, 3.63) is 80.6 Å². The van der Waals surface area contributed by atoms with Gasteiger partial charge in [-0.05, 0) is 30.3 Å². The van der Waals surface area contributed by atoms with Crippen LogP contribution in [0.25, 0.3) is 37.2 Å². The first-order chi connectivity index (χ1) is 16.9. The van der Waals surface area contributed by atoms with E-state index in [1.165, 1.54) is 23.9 Å². The molecular formula is C24H15ClFN5O3S. The maximum atomic E-state index is 14.1. The highest BCUT2D eigenvalue weighted by Gasteiger charge is 2.21. The van der Waals surface area contributed by atoms with Gasteiger partial charge in [0.1, 0.15) is 4.70 Å². The molecule has 0 saturated heterocycles. The molecule has 0 fully saturated rings. The molecule has 8 nitrogen and oxygen atoms in total. The van der Waals surface area contributed by atoms with Gasteiger partial charge in [-0.15, -0.1) is 11.3 Å². The summed E-state index contributed by atoms with van der Waals surface area (Å²) < 4.78 is 21.8. The van der Waals surface area contributed by atoms with Gasteiger partial charge in [0.2, 0.25) is 0 Å². The van der Waals surface area contributed by atoms with E-state index < -0.39 is 17.1 Å². The molecule has 4 heterocycles. The minimum Gasteiger partial charge on any atom is -0.494 e. The lowest BCUT2D eigenvalue weighted by atomic mass is 10.1. The van der Waals surface area contributed by atoms with Crippen LogP contribution in [0.2, 0.25) is 5.02 Å². The molecule has 0 amide bonds. The number of ether oxygens (including phenoxy) is 1. The van der Waals surface area contributed by atoms with E-state index in [1.807, 2.05) is 6.07 Å². The first-order valence-corrected chi connectivity index (χ1v) is 11.5. The third-order valence-electron chi connectivity index (χ3n) is 5.51. The van der Waals surface area contributed by atoms with E-state index in [2.05, 4.69) is 9.97 Å². The number of benzene rings is 1. The standard InChI is InChI=1S/C24H15ClFN5O3S/c1-34-19-8-14(15(25)9-16(19)26)20-10-17-22(35-20)23(32)31(24(33)30(17)7-3-5-27)18-12-28-11-13-4-2-6-29-21(13)18/h2,4,6,8-12H,3,7H2,1H3. The summed E-state index contributed by atoms with van der Waals surface area (Å²) in [4.78, 5) is 36.3. The maximum Gasteiger partial charge on any atom is 0.336 e. The molecule has 5 aromatic rings. The lowest BCUT2D eigenvalue weighted by Gasteiger charge is -2.12. The first-order valence-electron chi connectivity index (χ1n) is 10.3. The number of rotatable bonds is 5. The van der Waals surface area contributed by atoms with E-state index in [-0.39, 0.29) is 34.1 Å². The molecule has 11 heteroatoms. The third-order valence-corrected chi connectivity index (χ3v) is 6.97. The van der Waals surface area contributed by atoms with E-state index in [0.29, 0.717) is 26.9 Å². The van der Waals surface area contributed by atoms with Crippen molar-refractivity contribution in [2.75, 3.05) is 7.11 Å². The van der Waals surface area contributed by atoms with E-state index in [4.69, 9.17) is 21.6 Å². The molecule has 4 aromatic heterocycles. The fourth-order valence-corrected chi connectivity index (χ4v) is 5.32. The van der Waals surface area contributed by atoms with Crippen molar-refractivity contribution < 1.29 is 9.13 Å². The van der Waals surface area contributed by atoms with Crippen LogP contribution in [0.15, 0.2) is 58.5 Å². The van der Waals surface area contributed by atoms with Crippen LogP contribution in [0.3, 0.4) is 0 Å². The molecule has 0 unspecified atom stereocenters. The second-order valence-corrected chi connectivity index (χ2v) is 8.97. The molecule has 0 spiro atoms. The monoisotopic (exact) mass is 507 g/mol. The minimum atomic E-state index is -0.621. The summed E-state index contributed by atoms with van der Waals surface area (Å²) in [6, 6.07) is 9.76.